The Bertz CT molecular complexity index is 664. The molecule has 0 amide bonds. The summed E-state index contributed by atoms with van der Waals surface area (Å²) in [5, 5.41) is 1.74. The Morgan fingerprint density at radius 2 is 2.05 bits per heavy atom. The van der Waals surface area contributed by atoms with E-state index in [0.29, 0.717) is 10.8 Å². The minimum atomic E-state index is -3.40. The van der Waals surface area contributed by atoms with Crippen LogP contribution in [0.5, 0.6) is 5.75 Å². The highest BCUT2D eigenvalue weighted by atomic mass is 32.2. The maximum absolute atomic E-state index is 11.9. The van der Waals surface area contributed by atoms with Crippen LogP contribution in [0.4, 0.5) is 0 Å². The molecule has 0 aliphatic rings. The van der Waals surface area contributed by atoms with E-state index in [4.69, 9.17) is 4.74 Å². The van der Waals surface area contributed by atoms with Gasteiger partial charge in [0, 0.05) is 6.54 Å². The summed E-state index contributed by atoms with van der Waals surface area (Å²) in [4.78, 5) is 0. The third-order valence-electron chi connectivity index (χ3n) is 2.74. The molecule has 1 heterocycles. The fraction of sp³-hybridized carbons (Fsp3) is 0.286. The molecule has 2 rings (SSSR count). The lowest BCUT2D eigenvalue weighted by Gasteiger charge is -2.10. The van der Waals surface area contributed by atoms with Gasteiger partial charge < -0.3 is 4.74 Å². The number of sulfonamides is 1. The number of aryl methyl sites for hydroxylation is 2. The Morgan fingerprint density at radius 1 is 1.25 bits per heavy atom. The zero-order valence-electron chi connectivity index (χ0n) is 11.4. The molecule has 1 N–H and O–H groups in total. The van der Waals surface area contributed by atoms with Crippen molar-refractivity contribution in [1.29, 1.82) is 0 Å². The van der Waals surface area contributed by atoms with Gasteiger partial charge in [0.15, 0.2) is 0 Å². The first-order chi connectivity index (χ1) is 9.49. The quantitative estimate of drug-likeness (QED) is 0.835. The van der Waals surface area contributed by atoms with Crippen molar-refractivity contribution in [2.24, 2.45) is 0 Å². The minimum Gasteiger partial charge on any atom is -0.492 e. The molecule has 108 valence electrons. The number of nitrogens with one attached hydrogen (secondary N) is 1. The summed E-state index contributed by atoms with van der Waals surface area (Å²) >= 11 is 1.20. The van der Waals surface area contributed by atoms with Crippen LogP contribution in [0.2, 0.25) is 0 Å². The largest absolute Gasteiger partial charge is 0.492 e. The Balaban J connectivity index is 1.85. The van der Waals surface area contributed by atoms with Crippen molar-refractivity contribution in [1.82, 2.24) is 4.72 Å². The predicted octanol–water partition coefficient (Wildman–Crippen LogP) is 2.72. The highest BCUT2D eigenvalue weighted by Gasteiger charge is 2.13. The average molecular weight is 311 g/mol. The Hall–Kier alpha value is -1.37. The van der Waals surface area contributed by atoms with Crippen LogP contribution >= 0.6 is 11.3 Å². The van der Waals surface area contributed by atoms with Gasteiger partial charge in [-0.15, -0.1) is 11.3 Å². The molecule has 0 spiro atoms. The second-order valence-corrected chi connectivity index (χ2v) is 7.39. The van der Waals surface area contributed by atoms with Crippen molar-refractivity contribution in [3.63, 3.8) is 0 Å². The van der Waals surface area contributed by atoms with Crippen LogP contribution < -0.4 is 9.46 Å². The second-order valence-electron chi connectivity index (χ2n) is 4.45. The highest BCUT2D eigenvalue weighted by molar-refractivity contribution is 7.91. The molecular formula is C14H17NO3S2. The van der Waals surface area contributed by atoms with E-state index in [9.17, 15) is 8.42 Å². The molecule has 0 aliphatic carbocycles. The Labute approximate surface area is 123 Å². The molecule has 0 atom stereocenters. The van der Waals surface area contributed by atoms with Crippen molar-refractivity contribution in [3.8, 4) is 5.75 Å². The van der Waals surface area contributed by atoms with Gasteiger partial charge >= 0.3 is 0 Å². The lowest BCUT2D eigenvalue weighted by Crippen LogP contribution is -2.27. The van der Waals surface area contributed by atoms with Gasteiger partial charge in [0.25, 0.3) is 0 Å². The molecule has 1 aromatic carbocycles. The van der Waals surface area contributed by atoms with E-state index >= 15 is 0 Å². The monoisotopic (exact) mass is 311 g/mol. The number of benzene rings is 1. The normalized spacial score (nSPS) is 11.5. The van der Waals surface area contributed by atoms with Gasteiger partial charge in [-0.2, -0.15) is 0 Å². The third-order valence-corrected chi connectivity index (χ3v) is 5.60. The van der Waals surface area contributed by atoms with Crippen LogP contribution in [0.1, 0.15) is 11.1 Å². The smallest absolute Gasteiger partial charge is 0.250 e. The van der Waals surface area contributed by atoms with Gasteiger partial charge in [0.05, 0.1) is 0 Å². The maximum Gasteiger partial charge on any atom is 0.250 e. The molecule has 0 saturated carbocycles. The van der Waals surface area contributed by atoms with Crippen molar-refractivity contribution < 1.29 is 13.2 Å². The van der Waals surface area contributed by atoms with Crippen molar-refractivity contribution in [2.45, 2.75) is 18.1 Å². The van der Waals surface area contributed by atoms with Crippen LogP contribution in [-0.2, 0) is 10.0 Å². The number of ether oxygens (including phenoxy) is 1. The first-order valence-electron chi connectivity index (χ1n) is 6.22. The predicted molar refractivity (Wildman–Crippen MR) is 80.9 cm³/mol. The van der Waals surface area contributed by atoms with E-state index in [2.05, 4.69) is 4.72 Å². The van der Waals surface area contributed by atoms with Crippen LogP contribution in [-0.4, -0.2) is 21.6 Å². The number of thiophene rings is 1. The molecule has 4 nitrogen and oxygen atoms in total. The summed E-state index contributed by atoms with van der Waals surface area (Å²) in [5.74, 6) is 0.783. The van der Waals surface area contributed by atoms with Crippen LogP contribution in [0.25, 0.3) is 0 Å². The summed E-state index contributed by atoms with van der Waals surface area (Å²) in [6, 6.07) is 9.20. The van der Waals surface area contributed by atoms with Gasteiger partial charge in [0.2, 0.25) is 10.0 Å². The summed E-state index contributed by atoms with van der Waals surface area (Å²) in [6.07, 6.45) is 0. The molecule has 6 heteroatoms. The third kappa shape index (κ3) is 3.82. The molecule has 20 heavy (non-hydrogen) atoms. The van der Waals surface area contributed by atoms with Crippen molar-refractivity contribution in [3.05, 3.63) is 46.8 Å². The zero-order chi connectivity index (χ0) is 14.6. The van der Waals surface area contributed by atoms with E-state index < -0.39 is 10.0 Å². The molecule has 0 unspecified atom stereocenters. The highest BCUT2D eigenvalue weighted by Crippen LogP contribution is 2.18. The first-order valence-corrected chi connectivity index (χ1v) is 8.58. The summed E-state index contributed by atoms with van der Waals surface area (Å²) < 4.78 is 32.1. The van der Waals surface area contributed by atoms with Gasteiger partial charge in [-0.1, -0.05) is 23.8 Å². The lowest BCUT2D eigenvalue weighted by molar-refractivity contribution is 0.320. The van der Waals surface area contributed by atoms with E-state index in [0.717, 1.165) is 11.3 Å². The fourth-order valence-electron chi connectivity index (χ4n) is 1.79. The number of hydrogen-bond donors (Lipinski definition) is 1. The zero-order valence-corrected chi connectivity index (χ0v) is 13.1. The van der Waals surface area contributed by atoms with Crippen LogP contribution in [0.15, 0.2) is 39.9 Å². The van der Waals surface area contributed by atoms with Gasteiger partial charge in [0.1, 0.15) is 16.6 Å². The minimum absolute atomic E-state index is 0.244. The van der Waals surface area contributed by atoms with E-state index in [-0.39, 0.29) is 6.54 Å². The average Bonchev–Trinajstić information content (AvgIpc) is 2.91. The molecule has 0 radical (unpaired) electrons. The number of rotatable bonds is 6. The molecule has 1 aromatic heterocycles. The van der Waals surface area contributed by atoms with Crippen molar-refractivity contribution >= 4 is 21.4 Å². The molecule has 2 aromatic rings. The summed E-state index contributed by atoms with van der Waals surface area (Å²) in [7, 11) is -3.40. The molecule has 0 saturated heterocycles. The molecule has 0 bridgehead atoms. The van der Waals surface area contributed by atoms with Gasteiger partial charge in [-0.05, 0) is 36.9 Å². The van der Waals surface area contributed by atoms with Crippen LogP contribution in [0.3, 0.4) is 0 Å². The van der Waals surface area contributed by atoms with Crippen LogP contribution in [0, 0.1) is 13.8 Å². The fourth-order valence-corrected chi connectivity index (χ4v) is 3.84. The number of hydrogen-bond acceptors (Lipinski definition) is 4. The van der Waals surface area contributed by atoms with Gasteiger partial charge in [-0.25, -0.2) is 13.1 Å². The SMILES string of the molecule is Cc1ccc(OCCNS(=O)(=O)c2cccs2)c(C)c1. The second kappa shape index (κ2) is 6.39. The molecular weight excluding hydrogens is 294 g/mol. The summed E-state index contributed by atoms with van der Waals surface area (Å²) in [6.45, 7) is 4.53. The van der Waals surface area contributed by atoms with E-state index in [1.54, 1.807) is 17.5 Å². The van der Waals surface area contributed by atoms with E-state index in [1.165, 1.54) is 16.9 Å². The topological polar surface area (TPSA) is 55.4 Å². The Morgan fingerprint density at radius 3 is 2.70 bits per heavy atom. The van der Waals surface area contributed by atoms with Crippen molar-refractivity contribution in [2.75, 3.05) is 13.2 Å². The molecule has 0 aliphatic heterocycles. The van der Waals surface area contributed by atoms with Gasteiger partial charge in [-0.3, -0.25) is 0 Å². The summed E-state index contributed by atoms with van der Waals surface area (Å²) in [5.41, 5.74) is 2.22. The Kier molecular flexibility index (Phi) is 4.80. The standard InChI is InChI=1S/C14H17NO3S2/c1-11-5-6-13(12(2)10-11)18-8-7-15-20(16,17)14-4-3-9-19-14/h3-6,9-10,15H,7-8H2,1-2H3. The lowest BCUT2D eigenvalue weighted by atomic mass is 10.1. The first kappa shape index (κ1) is 15.0. The van der Waals surface area contributed by atoms with E-state index in [1.807, 2.05) is 32.0 Å². The molecule has 0 fully saturated rings. The maximum atomic E-state index is 11.9.